The van der Waals surface area contributed by atoms with Gasteiger partial charge in [0.25, 0.3) is 0 Å². The van der Waals surface area contributed by atoms with E-state index in [0.717, 1.165) is 11.8 Å². The molecule has 0 unspecified atom stereocenters. The van der Waals surface area contributed by atoms with Gasteiger partial charge in [0.15, 0.2) is 0 Å². The fraction of sp³-hybridized carbons (Fsp3) is 1.00. The quantitative estimate of drug-likeness (QED) is 0.724. The van der Waals surface area contributed by atoms with Gasteiger partial charge in [-0.25, -0.2) is 5.01 Å². The molecule has 1 aliphatic heterocycles. The molecule has 1 heterocycles. The van der Waals surface area contributed by atoms with Crippen molar-refractivity contribution in [1.29, 1.82) is 0 Å². The maximum atomic E-state index is 3.47. The Kier molecular flexibility index (Phi) is 4.20. The summed E-state index contributed by atoms with van der Waals surface area (Å²) in [6.45, 7) is 11.5. The van der Waals surface area contributed by atoms with Crippen molar-refractivity contribution in [2.45, 2.75) is 46.6 Å². The van der Waals surface area contributed by atoms with Gasteiger partial charge in [-0.2, -0.15) is 0 Å². The van der Waals surface area contributed by atoms with E-state index < -0.39 is 0 Å². The first-order valence-corrected chi connectivity index (χ1v) is 5.60. The van der Waals surface area contributed by atoms with E-state index >= 15 is 0 Å². The van der Waals surface area contributed by atoms with Crippen LogP contribution in [0.25, 0.3) is 0 Å². The molecule has 1 aliphatic rings. The Bertz CT molecular complexity index is 135. The van der Waals surface area contributed by atoms with E-state index in [4.69, 9.17) is 0 Å². The van der Waals surface area contributed by atoms with Crippen molar-refractivity contribution >= 4 is 0 Å². The third-order valence-electron chi connectivity index (χ3n) is 2.92. The summed E-state index contributed by atoms with van der Waals surface area (Å²) in [6, 6.07) is 0.579. The van der Waals surface area contributed by atoms with Crippen LogP contribution in [-0.2, 0) is 0 Å². The topological polar surface area (TPSA) is 15.3 Å². The molecule has 1 rings (SSSR count). The second kappa shape index (κ2) is 4.97. The second-order valence-electron chi connectivity index (χ2n) is 4.85. The van der Waals surface area contributed by atoms with Crippen LogP contribution in [0.2, 0.25) is 0 Å². The molecular weight excluding hydrogens is 160 g/mol. The molecule has 1 saturated heterocycles. The Morgan fingerprint density at radius 1 is 1.08 bits per heavy atom. The minimum Gasteiger partial charge on any atom is -0.253 e. The van der Waals surface area contributed by atoms with Gasteiger partial charge in [-0.1, -0.05) is 13.8 Å². The summed E-state index contributed by atoms with van der Waals surface area (Å²) in [6.07, 6.45) is 2.72. The standard InChI is InChI=1S/C11H24N2/c1-9(2)11-5-7-13(8-6-11)12-10(3)4/h9-12H,5-8H2,1-4H3. The van der Waals surface area contributed by atoms with Crippen LogP contribution in [0.15, 0.2) is 0 Å². The van der Waals surface area contributed by atoms with E-state index in [9.17, 15) is 0 Å². The zero-order valence-electron chi connectivity index (χ0n) is 9.51. The largest absolute Gasteiger partial charge is 0.253 e. The first-order chi connectivity index (χ1) is 6.09. The minimum atomic E-state index is 0.579. The molecule has 78 valence electrons. The number of nitrogens with zero attached hydrogens (tertiary/aromatic N) is 1. The van der Waals surface area contributed by atoms with Crippen molar-refractivity contribution in [2.75, 3.05) is 13.1 Å². The Morgan fingerprint density at radius 3 is 2.00 bits per heavy atom. The van der Waals surface area contributed by atoms with Crippen LogP contribution >= 0.6 is 0 Å². The first kappa shape index (κ1) is 11.0. The predicted molar refractivity (Wildman–Crippen MR) is 57.4 cm³/mol. The van der Waals surface area contributed by atoms with Crippen LogP contribution < -0.4 is 5.43 Å². The average molecular weight is 184 g/mol. The van der Waals surface area contributed by atoms with Gasteiger partial charge in [-0.15, -0.1) is 0 Å². The van der Waals surface area contributed by atoms with E-state index in [1.807, 2.05) is 0 Å². The first-order valence-electron chi connectivity index (χ1n) is 5.60. The summed E-state index contributed by atoms with van der Waals surface area (Å²) in [7, 11) is 0. The lowest BCUT2D eigenvalue weighted by Gasteiger charge is -2.35. The third kappa shape index (κ3) is 3.65. The molecule has 2 nitrogen and oxygen atoms in total. The van der Waals surface area contributed by atoms with Gasteiger partial charge in [-0.3, -0.25) is 5.43 Å². The van der Waals surface area contributed by atoms with Crippen LogP contribution in [0.4, 0.5) is 0 Å². The molecular formula is C11H24N2. The van der Waals surface area contributed by atoms with Crippen molar-refractivity contribution < 1.29 is 0 Å². The molecule has 0 spiro atoms. The Balaban J connectivity index is 2.22. The van der Waals surface area contributed by atoms with Gasteiger partial charge in [-0.05, 0) is 38.5 Å². The van der Waals surface area contributed by atoms with Gasteiger partial charge < -0.3 is 0 Å². The monoisotopic (exact) mass is 184 g/mol. The highest BCUT2D eigenvalue weighted by Crippen LogP contribution is 2.23. The molecule has 0 saturated carbocycles. The van der Waals surface area contributed by atoms with E-state index in [-0.39, 0.29) is 0 Å². The molecule has 13 heavy (non-hydrogen) atoms. The van der Waals surface area contributed by atoms with Gasteiger partial charge in [0.1, 0.15) is 0 Å². The van der Waals surface area contributed by atoms with Gasteiger partial charge in [0.2, 0.25) is 0 Å². The number of nitrogens with one attached hydrogen (secondary N) is 1. The maximum Gasteiger partial charge on any atom is 0.0158 e. The summed E-state index contributed by atoms with van der Waals surface area (Å²) in [5.41, 5.74) is 3.47. The van der Waals surface area contributed by atoms with Gasteiger partial charge in [0, 0.05) is 19.1 Å². The average Bonchev–Trinajstić information content (AvgIpc) is 2.04. The minimum absolute atomic E-state index is 0.579. The van der Waals surface area contributed by atoms with E-state index in [1.54, 1.807) is 0 Å². The lowest BCUT2D eigenvalue weighted by atomic mass is 9.87. The molecule has 1 N–H and O–H groups in total. The van der Waals surface area contributed by atoms with Gasteiger partial charge in [0.05, 0.1) is 0 Å². The Morgan fingerprint density at radius 2 is 1.62 bits per heavy atom. The lowest BCUT2D eigenvalue weighted by molar-refractivity contribution is 0.0954. The normalized spacial score (nSPS) is 21.7. The van der Waals surface area contributed by atoms with Gasteiger partial charge >= 0.3 is 0 Å². The molecule has 0 aliphatic carbocycles. The molecule has 0 amide bonds. The molecule has 1 fully saturated rings. The summed E-state index contributed by atoms with van der Waals surface area (Å²) in [5, 5.41) is 2.38. The summed E-state index contributed by atoms with van der Waals surface area (Å²) in [4.78, 5) is 0. The molecule has 0 bridgehead atoms. The van der Waals surface area contributed by atoms with Crippen LogP contribution in [0.3, 0.4) is 0 Å². The number of hydrogen-bond acceptors (Lipinski definition) is 2. The highest BCUT2D eigenvalue weighted by atomic mass is 15.5. The predicted octanol–water partition coefficient (Wildman–Crippen LogP) is 2.27. The van der Waals surface area contributed by atoms with E-state index in [2.05, 4.69) is 38.1 Å². The number of hydrazine groups is 1. The van der Waals surface area contributed by atoms with Crippen LogP contribution in [0.5, 0.6) is 0 Å². The SMILES string of the molecule is CC(C)NN1CCC(C(C)C)CC1. The van der Waals surface area contributed by atoms with Crippen molar-refractivity contribution in [3.8, 4) is 0 Å². The third-order valence-corrected chi connectivity index (χ3v) is 2.92. The molecule has 0 atom stereocenters. The zero-order valence-corrected chi connectivity index (χ0v) is 9.51. The number of hydrogen-bond donors (Lipinski definition) is 1. The Hall–Kier alpha value is -0.0800. The molecule has 0 aromatic carbocycles. The summed E-state index contributed by atoms with van der Waals surface area (Å²) in [5.74, 6) is 1.81. The molecule has 0 radical (unpaired) electrons. The Labute approximate surface area is 82.7 Å². The fourth-order valence-corrected chi connectivity index (χ4v) is 2.06. The summed E-state index contributed by atoms with van der Waals surface area (Å²) < 4.78 is 0. The lowest BCUT2D eigenvalue weighted by Crippen LogP contribution is -2.47. The van der Waals surface area contributed by atoms with Crippen LogP contribution in [0, 0.1) is 11.8 Å². The van der Waals surface area contributed by atoms with E-state index in [0.29, 0.717) is 6.04 Å². The smallest absolute Gasteiger partial charge is 0.0158 e. The highest BCUT2D eigenvalue weighted by Gasteiger charge is 2.21. The van der Waals surface area contributed by atoms with Crippen LogP contribution in [0.1, 0.15) is 40.5 Å². The number of piperidine rings is 1. The second-order valence-corrected chi connectivity index (χ2v) is 4.85. The van der Waals surface area contributed by atoms with Crippen molar-refractivity contribution in [2.24, 2.45) is 11.8 Å². The zero-order chi connectivity index (χ0) is 9.84. The fourth-order valence-electron chi connectivity index (χ4n) is 2.06. The van der Waals surface area contributed by atoms with E-state index in [1.165, 1.54) is 25.9 Å². The van der Waals surface area contributed by atoms with Crippen molar-refractivity contribution in [3.05, 3.63) is 0 Å². The van der Waals surface area contributed by atoms with Crippen LogP contribution in [-0.4, -0.2) is 24.1 Å². The summed E-state index contributed by atoms with van der Waals surface area (Å²) >= 11 is 0. The van der Waals surface area contributed by atoms with Crippen molar-refractivity contribution in [1.82, 2.24) is 10.4 Å². The number of rotatable bonds is 3. The molecule has 2 heteroatoms. The molecule has 0 aromatic rings. The molecule has 0 aromatic heterocycles. The highest BCUT2D eigenvalue weighted by molar-refractivity contribution is 4.72. The maximum absolute atomic E-state index is 3.47. The van der Waals surface area contributed by atoms with Crippen molar-refractivity contribution in [3.63, 3.8) is 0 Å².